The van der Waals surface area contributed by atoms with Crippen LogP contribution in [0.15, 0.2) is 277 Å². The van der Waals surface area contributed by atoms with E-state index in [2.05, 4.69) is 323 Å². The van der Waals surface area contributed by atoms with Gasteiger partial charge in [0.2, 0.25) is 0 Å². The molecule has 8 fully saturated rings. The topological polar surface area (TPSA) is 29.3 Å². The van der Waals surface area contributed by atoms with Gasteiger partial charge in [-0.15, -0.1) is 0 Å². The van der Waals surface area contributed by atoms with E-state index in [-0.39, 0.29) is 16.2 Å². The molecule has 0 spiro atoms. The molecule has 11 aliphatic carbocycles. The number of halogens is 1. The van der Waals surface area contributed by atoms with Gasteiger partial charge in [0.25, 0.3) is 0 Å². The summed E-state index contributed by atoms with van der Waals surface area (Å²) in [6.07, 6.45) is 17.5. The normalized spacial score (nSPS) is 24.0. The van der Waals surface area contributed by atoms with Crippen molar-refractivity contribution < 1.29 is 0 Å². The molecule has 12 aromatic carbocycles. The van der Waals surface area contributed by atoms with Gasteiger partial charge in [0.15, 0.2) is 0 Å². The maximum absolute atomic E-state index is 6.29. The number of rotatable bonds is 9. The minimum atomic E-state index is -0.108. The van der Waals surface area contributed by atoms with Gasteiger partial charge in [0.1, 0.15) is 0 Å². The highest BCUT2D eigenvalue weighted by Crippen LogP contribution is 2.63. The molecule has 3 heteroatoms. The summed E-state index contributed by atoms with van der Waals surface area (Å²) in [6.45, 7) is 14.1. The predicted octanol–water partition coefficient (Wildman–Crippen LogP) is 27.4. The SMILES string of the molecule is CC1(C)c2ccccc2-c2ccc(Br)cc21.CC1(C)c2ccccc2-c2ccc(N(c3ccc4c(c3)C(C)(C)c3ccccc3-4)c3ccc(-c4ccc(C56CC7CC(CC(C7)C5)C6)cc4)cc3-c3ccccc3)cc21.Nc1ccc(-c2ccc(C34CC5CC(CC(C5)C3)C4)cc2)cc1-c1ccccc1. The Bertz CT molecular complexity index is 5140. The fourth-order valence-electron chi connectivity index (χ4n) is 23.1. The highest BCUT2D eigenvalue weighted by Gasteiger charge is 2.53. The molecular weight excluding hydrogens is 1320 g/mol. The van der Waals surface area contributed by atoms with Crippen LogP contribution in [0.5, 0.6) is 0 Å². The number of fused-ring (bicyclic) bond motifs is 9. The van der Waals surface area contributed by atoms with Crippen LogP contribution >= 0.6 is 15.9 Å². The van der Waals surface area contributed by atoms with Crippen molar-refractivity contribution >= 4 is 38.7 Å². The summed E-state index contributed by atoms with van der Waals surface area (Å²) in [6, 6.07) is 102. The van der Waals surface area contributed by atoms with Crippen molar-refractivity contribution in [3.8, 4) is 77.9 Å². The van der Waals surface area contributed by atoms with E-state index in [1.165, 1.54) is 200 Å². The van der Waals surface area contributed by atoms with Crippen LogP contribution in [0.25, 0.3) is 77.9 Å². The fraction of sp³-hybridized carbons (Fsp3) is 0.287. The van der Waals surface area contributed by atoms with Gasteiger partial charge in [-0.3, -0.25) is 0 Å². The number of nitrogens with zero attached hydrogens (tertiary/aromatic N) is 1. The highest BCUT2D eigenvalue weighted by atomic mass is 79.9. The van der Waals surface area contributed by atoms with Crippen LogP contribution < -0.4 is 10.6 Å². The number of hydrogen-bond acceptors (Lipinski definition) is 2. The molecule has 8 saturated carbocycles. The molecule has 516 valence electrons. The second-order valence-corrected chi connectivity index (χ2v) is 35.7. The van der Waals surface area contributed by atoms with Gasteiger partial charge < -0.3 is 10.6 Å². The molecule has 0 unspecified atom stereocenters. The Labute approximate surface area is 626 Å². The van der Waals surface area contributed by atoms with Crippen molar-refractivity contribution in [1.82, 2.24) is 0 Å². The lowest BCUT2D eigenvalue weighted by Gasteiger charge is -2.57. The van der Waals surface area contributed by atoms with E-state index >= 15 is 0 Å². The largest absolute Gasteiger partial charge is 0.398 e. The van der Waals surface area contributed by atoms with E-state index in [4.69, 9.17) is 5.73 Å². The molecule has 0 saturated heterocycles. The van der Waals surface area contributed by atoms with Gasteiger partial charge in [-0.25, -0.2) is 0 Å². The summed E-state index contributed by atoms with van der Waals surface area (Å²) in [5, 5.41) is 0. The molecule has 0 aromatic heterocycles. The van der Waals surface area contributed by atoms with Crippen molar-refractivity contribution in [3.63, 3.8) is 0 Å². The van der Waals surface area contributed by atoms with E-state index in [1.807, 2.05) is 12.1 Å². The van der Waals surface area contributed by atoms with Gasteiger partial charge in [-0.2, -0.15) is 0 Å². The summed E-state index contributed by atoms with van der Waals surface area (Å²) in [4.78, 5) is 2.54. The molecule has 0 heterocycles. The Hall–Kier alpha value is -9.28. The quantitative estimate of drug-likeness (QED) is 0.146. The van der Waals surface area contributed by atoms with Crippen LogP contribution in [0.1, 0.15) is 163 Å². The summed E-state index contributed by atoms with van der Waals surface area (Å²) in [7, 11) is 0. The lowest BCUT2D eigenvalue weighted by Crippen LogP contribution is -2.48. The summed E-state index contributed by atoms with van der Waals surface area (Å²) in [5.74, 6) is 5.82. The molecule has 0 atom stereocenters. The number of hydrogen-bond donors (Lipinski definition) is 1. The minimum Gasteiger partial charge on any atom is -0.398 e. The average Bonchev–Trinajstić information content (AvgIpc) is 1.24. The lowest BCUT2D eigenvalue weighted by atomic mass is 9.48. The first-order valence-corrected chi connectivity index (χ1v) is 39.8. The van der Waals surface area contributed by atoms with Crippen LogP contribution in [-0.4, -0.2) is 0 Å². The van der Waals surface area contributed by atoms with Crippen molar-refractivity contribution in [2.24, 2.45) is 35.5 Å². The Morgan fingerprint density at radius 1 is 0.279 bits per heavy atom. The van der Waals surface area contributed by atoms with Crippen LogP contribution in [-0.2, 0) is 27.1 Å². The maximum Gasteiger partial charge on any atom is 0.0540 e. The van der Waals surface area contributed by atoms with Crippen LogP contribution in [0.3, 0.4) is 0 Å². The molecule has 2 N–H and O–H groups in total. The molecule has 23 rings (SSSR count). The second-order valence-electron chi connectivity index (χ2n) is 34.8. The van der Waals surface area contributed by atoms with Crippen LogP contribution in [0.4, 0.5) is 22.7 Å². The van der Waals surface area contributed by atoms with Gasteiger partial charge in [0, 0.05) is 48.9 Å². The zero-order chi connectivity index (χ0) is 70.4. The summed E-state index contributed by atoms with van der Waals surface area (Å²) < 4.78 is 1.16. The monoisotopic (exact) mass is 1410 g/mol. The maximum atomic E-state index is 6.29. The van der Waals surface area contributed by atoms with Crippen molar-refractivity contribution in [2.45, 2.75) is 146 Å². The zero-order valence-corrected chi connectivity index (χ0v) is 62.9. The summed E-state index contributed by atoms with van der Waals surface area (Å²) >= 11 is 3.56. The van der Waals surface area contributed by atoms with Gasteiger partial charge >= 0.3 is 0 Å². The van der Waals surface area contributed by atoms with Gasteiger partial charge in [0.05, 0.1) is 5.69 Å². The van der Waals surface area contributed by atoms with Gasteiger partial charge in [-0.05, 0) is 295 Å². The first-order valence-electron chi connectivity index (χ1n) is 39.0. The van der Waals surface area contributed by atoms with Crippen LogP contribution in [0, 0.1) is 35.5 Å². The Kier molecular flexibility index (Phi) is 15.7. The van der Waals surface area contributed by atoms with Crippen molar-refractivity contribution in [3.05, 3.63) is 322 Å². The third kappa shape index (κ3) is 11.0. The molecule has 0 radical (unpaired) electrons. The number of anilines is 4. The third-order valence-electron chi connectivity index (χ3n) is 27.4. The number of benzene rings is 12. The Morgan fingerprint density at radius 2 is 0.606 bits per heavy atom. The average molecular weight is 1420 g/mol. The molecule has 12 aromatic rings. The highest BCUT2D eigenvalue weighted by molar-refractivity contribution is 9.10. The Morgan fingerprint density at radius 3 is 1.02 bits per heavy atom. The van der Waals surface area contributed by atoms with Crippen molar-refractivity contribution in [1.29, 1.82) is 0 Å². The van der Waals surface area contributed by atoms with E-state index in [9.17, 15) is 0 Å². The van der Waals surface area contributed by atoms with E-state index in [0.717, 1.165) is 51.2 Å². The molecule has 2 nitrogen and oxygen atoms in total. The van der Waals surface area contributed by atoms with E-state index in [0.29, 0.717) is 10.8 Å². The van der Waals surface area contributed by atoms with E-state index in [1.54, 1.807) is 11.1 Å². The minimum absolute atomic E-state index is 0.108. The second kappa shape index (κ2) is 24.9. The van der Waals surface area contributed by atoms with E-state index < -0.39 is 0 Å². The molecular formula is C101H95BrN2. The molecule has 104 heavy (non-hydrogen) atoms. The fourth-order valence-corrected chi connectivity index (χ4v) is 23.5. The van der Waals surface area contributed by atoms with Crippen molar-refractivity contribution in [2.75, 3.05) is 10.6 Å². The van der Waals surface area contributed by atoms with Gasteiger partial charge in [-0.1, -0.05) is 270 Å². The standard InChI is InChI=1S/C58H53N.C28H29N.C15H13Br/c1-56(2)51-16-10-8-14-46(51)48-25-23-44(32-53(48)56)59(45-24-26-49-47-15-9-11-17-52(47)57(3,4)54(49)33-45)55-27-20-42(31-50(55)41-12-6-5-7-13-41)40-18-21-43(22-19-40)58-34-37-28-38(35-58)30-39(29-37)36-58;29-27-11-8-24(15-26(27)23-4-2-1-3-5-23)22-6-9-25(10-7-22)28-16-19-12-20(17-28)14-21(13-19)18-28;1-15(2)13-6-4-3-5-11(13)12-8-7-10(16)9-14(12)15/h5-27,31-33,37-39H,28-30,34-36H2,1-4H3;1-11,15,19-21H,12-14,16-18,29H2;3-9H,1-2H3. The zero-order valence-electron chi connectivity index (χ0n) is 61.3. The lowest BCUT2D eigenvalue weighted by molar-refractivity contribution is -0.00530. The molecule has 8 bridgehead atoms. The molecule has 11 aliphatic rings. The summed E-state index contributed by atoms with van der Waals surface area (Å²) in [5.41, 5.74) is 41.1. The molecule has 0 amide bonds. The number of nitrogens with two attached hydrogens (primary N) is 1. The Balaban J connectivity index is 0.000000135. The van der Waals surface area contributed by atoms with Crippen LogP contribution in [0.2, 0.25) is 0 Å². The first kappa shape index (κ1) is 65.5. The first-order chi connectivity index (χ1) is 50.4. The third-order valence-corrected chi connectivity index (χ3v) is 27.9. The predicted molar refractivity (Wildman–Crippen MR) is 440 cm³/mol. The molecule has 0 aliphatic heterocycles. The smallest absolute Gasteiger partial charge is 0.0540 e. The number of nitrogen functional groups attached to an aromatic ring is 1.